The van der Waals surface area contributed by atoms with E-state index < -0.39 is 43.4 Å². The molecule has 7 heteroatoms. The standard InChI is InChI=1S/C7H14O7/c8-1-2(9)6-4(11)3(10)5(12)7(13)14-6/h2-13H,1H2/t2-,3+,4+,5+,6-,7?/m1/s1. The van der Waals surface area contributed by atoms with Crippen LogP contribution in [0.15, 0.2) is 0 Å². The third kappa shape index (κ3) is 2.04. The molecule has 1 heterocycles. The average Bonchev–Trinajstić information content (AvgIpc) is 2.19. The van der Waals surface area contributed by atoms with Crippen LogP contribution in [-0.4, -0.2) is 74.1 Å². The molecule has 6 N–H and O–H groups in total. The number of aliphatic hydroxyl groups excluding tert-OH is 6. The van der Waals surface area contributed by atoms with Crippen LogP contribution in [0, 0.1) is 0 Å². The first-order chi connectivity index (χ1) is 6.49. The molecule has 0 amide bonds. The van der Waals surface area contributed by atoms with E-state index in [-0.39, 0.29) is 0 Å². The van der Waals surface area contributed by atoms with Crippen LogP contribution in [0.3, 0.4) is 0 Å². The van der Waals surface area contributed by atoms with Crippen molar-refractivity contribution in [3.05, 3.63) is 0 Å². The fraction of sp³-hybridized carbons (Fsp3) is 1.00. The molecule has 84 valence electrons. The van der Waals surface area contributed by atoms with Crippen molar-refractivity contribution >= 4 is 0 Å². The topological polar surface area (TPSA) is 131 Å². The summed E-state index contributed by atoms with van der Waals surface area (Å²) in [5.41, 5.74) is 0. The molecular weight excluding hydrogens is 196 g/mol. The Morgan fingerprint density at radius 3 is 2.07 bits per heavy atom. The highest BCUT2D eigenvalue weighted by Crippen LogP contribution is 2.21. The van der Waals surface area contributed by atoms with Gasteiger partial charge >= 0.3 is 0 Å². The van der Waals surface area contributed by atoms with E-state index in [1.165, 1.54) is 0 Å². The van der Waals surface area contributed by atoms with E-state index in [1.807, 2.05) is 0 Å². The minimum atomic E-state index is -1.69. The van der Waals surface area contributed by atoms with E-state index in [0.29, 0.717) is 0 Å². The second kappa shape index (κ2) is 4.49. The van der Waals surface area contributed by atoms with Crippen LogP contribution >= 0.6 is 0 Å². The van der Waals surface area contributed by atoms with Crippen molar-refractivity contribution in [3.8, 4) is 0 Å². The van der Waals surface area contributed by atoms with Gasteiger partial charge in [0.25, 0.3) is 0 Å². The quantitative estimate of drug-likeness (QED) is 0.275. The van der Waals surface area contributed by atoms with Crippen molar-refractivity contribution in [2.24, 2.45) is 0 Å². The number of hydrogen-bond donors (Lipinski definition) is 6. The smallest absolute Gasteiger partial charge is 0.184 e. The van der Waals surface area contributed by atoms with Crippen LogP contribution in [0.25, 0.3) is 0 Å². The fourth-order valence-corrected chi connectivity index (χ4v) is 1.31. The number of ether oxygens (including phenoxy) is 1. The van der Waals surface area contributed by atoms with Gasteiger partial charge in [-0.1, -0.05) is 0 Å². The summed E-state index contributed by atoms with van der Waals surface area (Å²) in [6.45, 7) is -0.683. The highest BCUT2D eigenvalue weighted by atomic mass is 16.6. The molecular formula is C7H14O7. The zero-order valence-electron chi connectivity index (χ0n) is 7.26. The normalized spacial score (nSPS) is 46.3. The SMILES string of the molecule is OC[C@@H](O)[C@H]1OC(O)[C@@H](O)[C@@H](O)[C@@H]1O. The molecule has 14 heavy (non-hydrogen) atoms. The molecule has 0 aromatic rings. The average molecular weight is 210 g/mol. The lowest BCUT2D eigenvalue weighted by atomic mass is 9.96. The third-order valence-corrected chi connectivity index (χ3v) is 2.19. The van der Waals surface area contributed by atoms with E-state index in [9.17, 15) is 10.2 Å². The van der Waals surface area contributed by atoms with Crippen molar-refractivity contribution < 1.29 is 35.4 Å². The molecule has 6 atom stereocenters. The predicted octanol–water partition coefficient (Wildman–Crippen LogP) is -3.86. The Labute approximate surface area is 79.8 Å². The van der Waals surface area contributed by atoms with Gasteiger partial charge in [0.15, 0.2) is 6.29 Å². The molecule has 1 saturated heterocycles. The minimum absolute atomic E-state index is 0.683. The Kier molecular flexibility index (Phi) is 3.78. The summed E-state index contributed by atoms with van der Waals surface area (Å²) in [4.78, 5) is 0. The molecule has 0 spiro atoms. The van der Waals surface area contributed by atoms with Crippen LogP contribution in [0.4, 0.5) is 0 Å². The molecule has 0 bridgehead atoms. The lowest BCUT2D eigenvalue weighted by molar-refractivity contribution is -0.298. The Morgan fingerprint density at radius 2 is 1.57 bits per heavy atom. The Balaban J connectivity index is 2.70. The van der Waals surface area contributed by atoms with Crippen molar-refractivity contribution in [1.29, 1.82) is 0 Å². The second-order valence-electron chi connectivity index (χ2n) is 3.21. The number of rotatable bonds is 2. The maximum atomic E-state index is 9.31. The summed E-state index contributed by atoms with van der Waals surface area (Å²) in [5, 5.41) is 54.3. The van der Waals surface area contributed by atoms with Gasteiger partial charge in [0.2, 0.25) is 0 Å². The Morgan fingerprint density at radius 1 is 1.00 bits per heavy atom. The van der Waals surface area contributed by atoms with Gasteiger partial charge < -0.3 is 35.4 Å². The van der Waals surface area contributed by atoms with Gasteiger partial charge in [-0.15, -0.1) is 0 Å². The van der Waals surface area contributed by atoms with Crippen molar-refractivity contribution in [2.75, 3.05) is 6.61 Å². The van der Waals surface area contributed by atoms with Crippen LogP contribution in [-0.2, 0) is 4.74 Å². The van der Waals surface area contributed by atoms with Gasteiger partial charge in [-0.05, 0) is 0 Å². The molecule has 7 nitrogen and oxygen atoms in total. The summed E-state index contributed by atoms with van der Waals surface area (Å²) in [6.07, 6.45) is -9.26. The summed E-state index contributed by atoms with van der Waals surface area (Å²) in [7, 11) is 0. The maximum absolute atomic E-state index is 9.31. The molecule has 0 radical (unpaired) electrons. The highest BCUT2D eigenvalue weighted by molar-refractivity contribution is 4.91. The van der Waals surface area contributed by atoms with Crippen LogP contribution in [0.2, 0.25) is 0 Å². The summed E-state index contributed by atoms with van der Waals surface area (Å²) in [5.74, 6) is 0. The number of hydrogen-bond acceptors (Lipinski definition) is 7. The lowest BCUT2D eigenvalue weighted by Gasteiger charge is -2.39. The molecule has 0 saturated carbocycles. The van der Waals surface area contributed by atoms with Crippen molar-refractivity contribution in [1.82, 2.24) is 0 Å². The van der Waals surface area contributed by atoms with Gasteiger partial charge in [-0.25, -0.2) is 0 Å². The Hall–Kier alpha value is -0.280. The molecule has 0 aromatic carbocycles. The zero-order valence-corrected chi connectivity index (χ0v) is 7.26. The summed E-state index contributed by atoms with van der Waals surface area (Å²) < 4.78 is 4.62. The van der Waals surface area contributed by atoms with E-state index in [2.05, 4.69) is 4.74 Å². The fourth-order valence-electron chi connectivity index (χ4n) is 1.31. The minimum Gasteiger partial charge on any atom is -0.394 e. The van der Waals surface area contributed by atoms with Crippen LogP contribution in [0.1, 0.15) is 0 Å². The zero-order chi connectivity index (χ0) is 10.9. The molecule has 1 fully saturated rings. The molecule has 1 aliphatic heterocycles. The number of aliphatic hydroxyl groups is 6. The molecule has 1 unspecified atom stereocenters. The monoisotopic (exact) mass is 210 g/mol. The highest BCUT2D eigenvalue weighted by Gasteiger charge is 2.45. The van der Waals surface area contributed by atoms with Gasteiger partial charge in [-0.3, -0.25) is 0 Å². The van der Waals surface area contributed by atoms with Gasteiger partial charge in [-0.2, -0.15) is 0 Å². The van der Waals surface area contributed by atoms with Gasteiger partial charge in [0.1, 0.15) is 30.5 Å². The molecule has 0 aromatic heterocycles. The van der Waals surface area contributed by atoms with E-state index in [4.69, 9.17) is 20.4 Å². The van der Waals surface area contributed by atoms with E-state index >= 15 is 0 Å². The molecule has 0 aliphatic carbocycles. The summed E-state index contributed by atoms with van der Waals surface area (Å²) in [6, 6.07) is 0. The Bertz CT molecular complexity index is 187. The van der Waals surface area contributed by atoms with Gasteiger partial charge in [0.05, 0.1) is 6.61 Å². The van der Waals surface area contributed by atoms with Crippen LogP contribution < -0.4 is 0 Å². The van der Waals surface area contributed by atoms with Crippen molar-refractivity contribution in [2.45, 2.75) is 36.8 Å². The molecule has 1 rings (SSSR count). The first-order valence-electron chi connectivity index (χ1n) is 4.15. The van der Waals surface area contributed by atoms with E-state index in [0.717, 1.165) is 0 Å². The van der Waals surface area contributed by atoms with Crippen LogP contribution in [0.5, 0.6) is 0 Å². The van der Waals surface area contributed by atoms with Gasteiger partial charge in [0, 0.05) is 0 Å². The second-order valence-corrected chi connectivity index (χ2v) is 3.21. The van der Waals surface area contributed by atoms with E-state index in [1.54, 1.807) is 0 Å². The first-order valence-corrected chi connectivity index (χ1v) is 4.15. The predicted molar refractivity (Wildman–Crippen MR) is 42.0 cm³/mol. The first kappa shape index (κ1) is 11.8. The summed E-state index contributed by atoms with van der Waals surface area (Å²) >= 11 is 0. The van der Waals surface area contributed by atoms with Crippen molar-refractivity contribution in [3.63, 3.8) is 0 Å². The third-order valence-electron chi connectivity index (χ3n) is 2.19. The maximum Gasteiger partial charge on any atom is 0.184 e. The lowest BCUT2D eigenvalue weighted by Crippen LogP contribution is -2.61. The largest absolute Gasteiger partial charge is 0.394 e. The molecule has 1 aliphatic rings.